The third-order valence-corrected chi connectivity index (χ3v) is 6.71. The van der Waals surface area contributed by atoms with Crippen LogP contribution in [0, 0.1) is 11.3 Å². The van der Waals surface area contributed by atoms with Crippen LogP contribution in [0.4, 0.5) is 5.69 Å². The number of carbonyl (C=O) groups excluding carboxylic acids is 2. The Labute approximate surface area is 206 Å². The van der Waals surface area contributed by atoms with Crippen molar-refractivity contribution in [3.63, 3.8) is 0 Å². The molecule has 35 heavy (non-hydrogen) atoms. The van der Waals surface area contributed by atoms with Crippen molar-refractivity contribution in [3.8, 4) is 17.2 Å². The molecule has 2 aromatic carbocycles. The summed E-state index contributed by atoms with van der Waals surface area (Å²) in [6, 6.07) is 15.7. The molecule has 2 aromatic rings. The average molecular weight is 477 g/mol. The van der Waals surface area contributed by atoms with Crippen molar-refractivity contribution in [1.82, 2.24) is 10.6 Å². The van der Waals surface area contributed by atoms with E-state index < -0.39 is 12.1 Å². The number of carbonyl (C=O) groups is 2. The van der Waals surface area contributed by atoms with Gasteiger partial charge < -0.3 is 25.0 Å². The molecule has 184 valence electrons. The van der Waals surface area contributed by atoms with Gasteiger partial charge in [0.2, 0.25) is 5.91 Å². The Kier molecular flexibility index (Phi) is 8.13. The van der Waals surface area contributed by atoms with Crippen molar-refractivity contribution in [1.29, 1.82) is 5.26 Å². The van der Waals surface area contributed by atoms with E-state index in [9.17, 15) is 14.9 Å². The van der Waals surface area contributed by atoms with Crippen LogP contribution in [0.25, 0.3) is 11.1 Å². The molecular weight excluding hydrogens is 444 g/mol. The molecule has 1 saturated heterocycles. The van der Waals surface area contributed by atoms with Gasteiger partial charge in [0.15, 0.2) is 0 Å². The highest BCUT2D eigenvalue weighted by atomic mass is 16.5. The Hall–Kier alpha value is -3.25. The van der Waals surface area contributed by atoms with Gasteiger partial charge in [0.25, 0.3) is 5.91 Å². The molecule has 8 nitrogen and oxygen atoms in total. The molecule has 3 unspecified atom stereocenters. The highest BCUT2D eigenvalue weighted by molar-refractivity contribution is 5.96. The van der Waals surface area contributed by atoms with E-state index in [1.807, 2.05) is 43.4 Å². The van der Waals surface area contributed by atoms with Gasteiger partial charge in [-0.05, 0) is 47.2 Å². The number of nitrogens with zero attached hydrogens (tertiary/aromatic N) is 2. The number of rotatable bonds is 6. The minimum absolute atomic E-state index is 0.0701. The summed E-state index contributed by atoms with van der Waals surface area (Å²) in [4.78, 5) is 26.3. The predicted molar refractivity (Wildman–Crippen MR) is 133 cm³/mol. The second kappa shape index (κ2) is 11.5. The van der Waals surface area contributed by atoms with Gasteiger partial charge in [0.1, 0.15) is 12.1 Å². The van der Waals surface area contributed by atoms with Crippen LogP contribution >= 0.6 is 0 Å². The fourth-order valence-corrected chi connectivity index (χ4v) is 4.55. The quantitative estimate of drug-likeness (QED) is 0.663. The minimum Gasteiger partial charge on any atom is -0.380 e. The van der Waals surface area contributed by atoms with Crippen molar-refractivity contribution in [2.45, 2.75) is 43.9 Å². The Morgan fingerprint density at radius 3 is 2.74 bits per heavy atom. The van der Waals surface area contributed by atoms with Gasteiger partial charge in [-0.1, -0.05) is 30.3 Å². The summed E-state index contributed by atoms with van der Waals surface area (Å²) in [6.45, 7) is 1.48. The number of hydrogen-bond donors (Lipinski definition) is 2. The standard InChI is InChI=1S/C27H32N4O4/c1-31-24-9-7-20(14-21(24)8-10-26(31)32)19-5-3-18(4-6-19)13-22(15-28)30-27(33)25-17-29-16-23(34-2)11-12-35-25/h3-7,9,14,22-23,25,29H,8,10-13,16-17H2,1-2H3,(H,30,33). The summed E-state index contributed by atoms with van der Waals surface area (Å²) in [5.74, 6) is -0.139. The molecule has 0 bridgehead atoms. The second-order valence-electron chi connectivity index (χ2n) is 9.05. The lowest BCUT2D eigenvalue weighted by molar-refractivity contribution is -0.134. The number of methoxy groups -OCH3 is 1. The van der Waals surface area contributed by atoms with Gasteiger partial charge in [0.05, 0.1) is 18.8 Å². The number of aryl methyl sites for hydroxylation is 1. The zero-order chi connectivity index (χ0) is 24.8. The number of nitrogens with one attached hydrogen (secondary N) is 2. The van der Waals surface area contributed by atoms with Crippen LogP contribution in [0.5, 0.6) is 0 Å². The largest absolute Gasteiger partial charge is 0.380 e. The van der Waals surface area contributed by atoms with E-state index in [2.05, 4.69) is 22.8 Å². The second-order valence-corrected chi connectivity index (χ2v) is 9.05. The molecule has 8 heteroatoms. The van der Waals surface area contributed by atoms with E-state index in [1.54, 1.807) is 12.0 Å². The smallest absolute Gasteiger partial charge is 0.251 e. The van der Waals surface area contributed by atoms with Crippen LogP contribution in [0.15, 0.2) is 42.5 Å². The molecule has 2 N–H and O–H groups in total. The maximum atomic E-state index is 12.7. The number of anilines is 1. The van der Waals surface area contributed by atoms with E-state index in [0.717, 1.165) is 28.8 Å². The summed E-state index contributed by atoms with van der Waals surface area (Å²) < 4.78 is 11.0. The van der Waals surface area contributed by atoms with Gasteiger partial charge in [-0.15, -0.1) is 0 Å². The van der Waals surface area contributed by atoms with Crippen molar-refractivity contribution in [2.75, 3.05) is 38.8 Å². The maximum absolute atomic E-state index is 12.7. The van der Waals surface area contributed by atoms with Crippen LogP contribution in [0.3, 0.4) is 0 Å². The first kappa shape index (κ1) is 24.9. The number of nitriles is 1. The SMILES string of the molecule is COC1CCOC(C(=O)NC(C#N)Cc2ccc(-c3ccc4c(c3)CCC(=O)N4C)cc2)CNC1. The number of hydrogen-bond acceptors (Lipinski definition) is 6. The molecule has 2 aliphatic heterocycles. The molecule has 0 aromatic heterocycles. The molecule has 2 aliphatic rings. The van der Waals surface area contributed by atoms with Gasteiger partial charge in [-0.2, -0.15) is 5.26 Å². The van der Waals surface area contributed by atoms with Gasteiger partial charge in [-0.3, -0.25) is 9.59 Å². The van der Waals surface area contributed by atoms with E-state index >= 15 is 0 Å². The molecule has 0 radical (unpaired) electrons. The summed E-state index contributed by atoms with van der Waals surface area (Å²) in [6.07, 6.45) is 1.83. The van der Waals surface area contributed by atoms with Crippen molar-refractivity contribution < 1.29 is 19.1 Å². The maximum Gasteiger partial charge on any atom is 0.251 e. The topological polar surface area (TPSA) is 104 Å². The summed E-state index contributed by atoms with van der Waals surface area (Å²) in [7, 11) is 3.48. The average Bonchev–Trinajstić information content (AvgIpc) is 2.86. The molecule has 0 spiro atoms. The van der Waals surface area contributed by atoms with Crippen molar-refractivity contribution in [3.05, 3.63) is 53.6 Å². The van der Waals surface area contributed by atoms with E-state index in [-0.39, 0.29) is 17.9 Å². The lowest BCUT2D eigenvalue weighted by atomic mass is 9.95. The highest BCUT2D eigenvalue weighted by Gasteiger charge is 2.25. The zero-order valence-electron chi connectivity index (χ0n) is 20.3. The van der Waals surface area contributed by atoms with E-state index in [0.29, 0.717) is 39.0 Å². The molecular formula is C27H32N4O4. The summed E-state index contributed by atoms with van der Waals surface area (Å²) >= 11 is 0. The van der Waals surface area contributed by atoms with E-state index in [1.165, 1.54) is 5.56 Å². The molecule has 2 heterocycles. The summed E-state index contributed by atoms with van der Waals surface area (Å²) in [5, 5.41) is 15.6. The zero-order valence-corrected chi connectivity index (χ0v) is 20.3. The lowest BCUT2D eigenvalue weighted by Crippen LogP contribution is -2.49. The van der Waals surface area contributed by atoms with Crippen molar-refractivity contribution >= 4 is 17.5 Å². The molecule has 2 amide bonds. The van der Waals surface area contributed by atoms with Gasteiger partial charge in [0, 0.05) is 45.8 Å². The molecule has 1 fully saturated rings. The molecule has 0 aliphatic carbocycles. The third kappa shape index (κ3) is 6.06. The number of benzene rings is 2. The third-order valence-electron chi connectivity index (χ3n) is 6.71. The van der Waals surface area contributed by atoms with Crippen LogP contribution in [-0.4, -0.2) is 63.9 Å². The minimum atomic E-state index is -0.647. The Bertz CT molecular complexity index is 1090. The van der Waals surface area contributed by atoms with Crippen LogP contribution < -0.4 is 15.5 Å². The first-order valence-electron chi connectivity index (χ1n) is 12.0. The molecule has 4 rings (SSSR count). The van der Waals surface area contributed by atoms with Gasteiger partial charge in [-0.25, -0.2) is 0 Å². The van der Waals surface area contributed by atoms with Crippen LogP contribution in [0.1, 0.15) is 24.0 Å². The van der Waals surface area contributed by atoms with Crippen LogP contribution in [-0.2, 0) is 31.9 Å². The first-order valence-corrected chi connectivity index (χ1v) is 12.0. The predicted octanol–water partition coefficient (Wildman–Crippen LogP) is 2.21. The highest BCUT2D eigenvalue weighted by Crippen LogP contribution is 2.31. The van der Waals surface area contributed by atoms with Gasteiger partial charge >= 0.3 is 0 Å². The number of ether oxygens (including phenoxy) is 2. The normalized spacial score (nSPS) is 21.3. The number of amides is 2. The number of fused-ring (bicyclic) bond motifs is 1. The molecule has 0 saturated carbocycles. The van der Waals surface area contributed by atoms with E-state index in [4.69, 9.17) is 9.47 Å². The first-order chi connectivity index (χ1) is 17.0. The lowest BCUT2D eigenvalue weighted by Gasteiger charge is -2.26. The monoisotopic (exact) mass is 476 g/mol. The van der Waals surface area contributed by atoms with Crippen LogP contribution in [0.2, 0.25) is 0 Å². The Morgan fingerprint density at radius 2 is 2.00 bits per heavy atom. The molecule has 3 atom stereocenters. The Morgan fingerprint density at radius 1 is 1.23 bits per heavy atom. The van der Waals surface area contributed by atoms with Crippen molar-refractivity contribution in [2.24, 2.45) is 0 Å². The fraction of sp³-hybridized carbons (Fsp3) is 0.444. The Balaban J connectivity index is 1.36. The summed E-state index contributed by atoms with van der Waals surface area (Å²) in [5.41, 5.74) is 5.26. The fourth-order valence-electron chi connectivity index (χ4n) is 4.55.